The van der Waals surface area contributed by atoms with Crippen molar-refractivity contribution in [3.8, 4) is 6.07 Å². The van der Waals surface area contributed by atoms with Gasteiger partial charge < -0.3 is 9.74 Å². The lowest BCUT2D eigenvalue weighted by Gasteiger charge is -2.41. The molecule has 2 heterocycles. The summed E-state index contributed by atoms with van der Waals surface area (Å²) in [6.45, 7) is 1.88. The number of piperidine rings is 2. The summed E-state index contributed by atoms with van der Waals surface area (Å²) in [7, 11) is 0. The highest BCUT2D eigenvalue weighted by Crippen LogP contribution is 2.39. The second-order valence-electron chi connectivity index (χ2n) is 10.6. The smallest absolute Gasteiger partial charge is 0.329 e. The van der Waals surface area contributed by atoms with Crippen LogP contribution in [0.1, 0.15) is 55.2 Å². The Morgan fingerprint density at radius 1 is 0.825 bits per heavy atom. The van der Waals surface area contributed by atoms with Gasteiger partial charge >= 0.3 is 5.97 Å². The van der Waals surface area contributed by atoms with Crippen molar-refractivity contribution in [2.24, 2.45) is 0 Å². The number of benzene rings is 3. The fourth-order valence-corrected chi connectivity index (χ4v) is 5.94. The van der Waals surface area contributed by atoms with Gasteiger partial charge in [0, 0.05) is 19.4 Å². The Hall–Kier alpha value is -4.28. The average molecular weight is 536 g/mol. The maximum absolute atomic E-state index is 13.7. The van der Waals surface area contributed by atoms with E-state index in [0.29, 0.717) is 50.4 Å². The predicted octanol–water partition coefficient (Wildman–Crippen LogP) is 4.92. The number of hydrogen-bond acceptors (Lipinski definition) is 6. The first-order chi connectivity index (χ1) is 19.5. The maximum Gasteiger partial charge on any atom is 0.343 e. The van der Waals surface area contributed by atoms with Crippen molar-refractivity contribution >= 4 is 17.8 Å². The molecule has 2 aliphatic rings. The van der Waals surface area contributed by atoms with E-state index >= 15 is 0 Å². The average Bonchev–Trinajstić information content (AvgIpc) is 3.01. The molecule has 3 aromatic rings. The van der Waals surface area contributed by atoms with Crippen molar-refractivity contribution in [3.05, 3.63) is 108 Å². The maximum atomic E-state index is 13.7. The number of hydrogen-bond donors (Lipinski definition) is 0. The van der Waals surface area contributed by atoms with Gasteiger partial charge in [0.05, 0.1) is 11.5 Å². The van der Waals surface area contributed by atoms with E-state index in [4.69, 9.17) is 4.84 Å². The summed E-state index contributed by atoms with van der Waals surface area (Å²) in [6, 6.07) is 31.9. The molecular formula is C33H33N3O4. The van der Waals surface area contributed by atoms with Crippen LogP contribution in [0.3, 0.4) is 0 Å². The number of carbonyl (C=O) groups excluding carboxylic acids is 3. The highest BCUT2D eigenvalue weighted by molar-refractivity contribution is 5.98. The first kappa shape index (κ1) is 27.3. The minimum atomic E-state index is -0.971. The molecule has 0 atom stereocenters. The van der Waals surface area contributed by atoms with Crippen LogP contribution in [0.25, 0.3) is 0 Å². The summed E-state index contributed by atoms with van der Waals surface area (Å²) in [6.07, 6.45) is 2.39. The Morgan fingerprint density at radius 2 is 1.32 bits per heavy atom. The molecule has 0 radical (unpaired) electrons. The highest BCUT2D eigenvalue weighted by Gasteiger charge is 2.47. The fraction of sp³-hybridized carbons (Fsp3) is 0.333. The van der Waals surface area contributed by atoms with Crippen molar-refractivity contribution in [3.63, 3.8) is 0 Å². The molecular weight excluding hydrogens is 502 g/mol. The SMILES string of the molecule is N#CC(CCN1CCC(C(=O)ON2C(=O)CCCC2=O)(c2ccccc2)CC1)(c1ccccc1)c1ccccc1. The lowest BCUT2D eigenvalue weighted by Crippen LogP contribution is -2.52. The van der Waals surface area contributed by atoms with Gasteiger partial charge in [0.1, 0.15) is 5.41 Å². The lowest BCUT2D eigenvalue weighted by atomic mass is 9.71. The van der Waals surface area contributed by atoms with Crippen LogP contribution in [0.4, 0.5) is 0 Å². The van der Waals surface area contributed by atoms with Gasteiger partial charge in [-0.1, -0.05) is 91.0 Å². The number of hydroxylamine groups is 2. The van der Waals surface area contributed by atoms with Crippen LogP contribution in [0.5, 0.6) is 0 Å². The van der Waals surface area contributed by atoms with Crippen molar-refractivity contribution in [1.82, 2.24) is 9.96 Å². The van der Waals surface area contributed by atoms with Crippen LogP contribution in [-0.4, -0.2) is 47.4 Å². The largest absolute Gasteiger partial charge is 0.343 e. The van der Waals surface area contributed by atoms with Gasteiger partial charge in [0.25, 0.3) is 11.8 Å². The molecule has 0 N–H and O–H groups in total. The summed E-state index contributed by atoms with van der Waals surface area (Å²) < 4.78 is 0. The van der Waals surface area contributed by atoms with Gasteiger partial charge in [0.15, 0.2) is 0 Å². The molecule has 7 heteroatoms. The molecule has 0 unspecified atom stereocenters. The van der Waals surface area contributed by atoms with E-state index < -0.39 is 28.6 Å². The molecule has 5 rings (SSSR count). The summed E-state index contributed by atoms with van der Waals surface area (Å²) in [5, 5.41) is 11.2. The number of nitrogens with zero attached hydrogens (tertiary/aromatic N) is 3. The van der Waals surface area contributed by atoms with Crippen LogP contribution in [-0.2, 0) is 30.1 Å². The summed E-state index contributed by atoms with van der Waals surface area (Å²) in [5.74, 6) is -1.51. The molecule has 2 aliphatic heterocycles. The standard InChI is InChI=1S/C33H33N3O4/c34-25-33(27-13-6-2-7-14-27,28-15-8-3-9-16-28)21-24-35-22-19-32(20-23-35,26-11-4-1-5-12-26)31(39)40-36-29(37)17-10-18-30(36)38/h1-9,11-16H,10,17-24H2. The number of rotatable bonds is 8. The fourth-order valence-electron chi connectivity index (χ4n) is 5.94. The third-order valence-corrected chi connectivity index (χ3v) is 8.36. The molecule has 204 valence electrons. The van der Waals surface area contributed by atoms with E-state index in [0.717, 1.165) is 16.7 Å². The zero-order valence-corrected chi connectivity index (χ0v) is 22.5. The Bertz CT molecular complexity index is 1320. The van der Waals surface area contributed by atoms with E-state index in [2.05, 4.69) is 11.0 Å². The minimum absolute atomic E-state index is 0.189. The number of amides is 2. The van der Waals surface area contributed by atoms with Gasteiger partial charge in [-0.3, -0.25) is 9.59 Å². The molecule has 0 spiro atoms. The Kier molecular flexibility index (Phi) is 8.09. The third kappa shape index (κ3) is 5.28. The zero-order chi connectivity index (χ0) is 28.0. The Balaban J connectivity index is 1.35. The van der Waals surface area contributed by atoms with Crippen LogP contribution in [0, 0.1) is 11.3 Å². The molecule has 0 saturated carbocycles. The minimum Gasteiger partial charge on any atom is -0.329 e. The van der Waals surface area contributed by atoms with E-state index in [1.807, 2.05) is 91.0 Å². The number of imide groups is 1. The predicted molar refractivity (Wildman–Crippen MR) is 149 cm³/mol. The molecule has 2 fully saturated rings. The molecule has 7 nitrogen and oxygen atoms in total. The molecule has 2 amide bonds. The quantitative estimate of drug-likeness (QED) is 0.381. The van der Waals surface area contributed by atoms with E-state index in [-0.39, 0.29) is 12.8 Å². The lowest BCUT2D eigenvalue weighted by molar-refractivity contribution is -0.210. The first-order valence-electron chi connectivity index (χ1n) is 13.9. The van der Waals surface area contributed by atoms with E-state index in [1.165, 1.54) is 0 Å². The first-order valence-corrected chi connectivity index (χ1v) is 13.9. The van der Waals surface area contributed by atoms with Gasteiger partial charge in [-0.05, 0) is 55.5 Å². The zero-order valence-electron chi connectivity index (χ0n) is 22.5. The van der Waals surface area contributed by atoms with E-state index in [9.17, 15) is 19.6 Å². The Labute approximate surface area is 234 Å². The highest BCUT2D eigenvalue weighted by atomic mass is 16.7. The molecule has 0 aromatic heterocycles. The van der Waals surface area contributed by atoms with Crippen LogP contribution in [0.2, 0.25) is 0 Å². The van der Waals surface area contributed by atoms with Gasteiger partial charge in [-0.25, -0.2) is 4.79 Å². The number of nitriles is 1. The molecule has 0 aliphatic carbocycles. The summed E-state index contributed by atoms with van der Waals surface area (Å²) >= 11 is 0. The van der Waals surface area contributed by atoms with Crippen molar-refractivity contribution in [2.45, 2.75) is 49.4 Å². The Morgan fingerprint density at radius 3 is 1.82 bits per heavy atom. The van der Waals surface area contributed by atoms with Crippen LogP contribution in [0.15, 0.2) is 91.0 Å². The topological polar surface area (TPSA) is 90.7 Å². The molecule has 40 heavy (non-hydrogen) atoms. The van der Waals surface area contributed by atoms with Crippen LogP contribution >= 0.6 is 0 Å². The van der Waals surface area contributed by atoms with Crippen molar-refractivity contribution in [2.75, 3.05) is 19.6 Å². The van der Waals surface area contributed by atoms with Gasteiger partial charge in [0.2, 0.25) is 0 Å². The number of likely N-dealkylation sites (tertiary alicyclic amines) is 1. The number of carbonyl (C=O) groups is 3. The second-order valence-corrected chi connectivity index (χ2v) is 10.6. The normalized spacial score (nSPS) is 17.7. The molecule has 3 aromatic carbocycles. The van der Waals surface area contributed by atoms with E-state index in [1.54, 1.807) is 0 Å². The van der Waals surface area contributed by atoms with Gasteiger partial charge in [-0.2, -0.15) is 5.26 Å². The van der Waals surface area contributed by atoms with Gasteiger partial charge in [-0.15, -0.1) is 5.06 Å². The second kappa shape index (κ2) is 11.8. The third-order valence-electron chi connectivity index (χ3n) is 8.36. The van der Waals surface area contributed by atoms with Crippen molar-refractivity contribution in [1.29, 1.82) is 5.26 Å². The van der Waals surface area contributed by atoms with Crippen molar-refractivity contribution < 1.29 is 19.2 Å². The summed E-state index contributed by atoms with van der Waals surface area (Å²) in [5.41, 5.74) is 0.958. The molecule has 2 saturated heterocycles. The van der Waals surface area contributed by atoms with Crippen LogP contribution < -0.4 is 0 Å². The molecule has 0 bridgehead atoms. The summed E-state index contributed by atoms with van der Waals surface area (Å²) in [4.78, 5) is 46.2. The monoisotopic (exact) mass is 535 g/mol.